The van der Waals surface area contributed by atoms with Crippen LogP contribution in [0, 0.1) is 12.7 Å². The van der Waals surface area contributed by atoms with Gasteiger partial charge in [-0.25, -0.2) is 29.1 Å². The normalized spacial score (nSPS) is 10.9. The van der Waals surface area contributed by atoms with Crippen molar-refractivity contribution in [1.82, 2.24) is 19.9 Å². The third-order valence-corrected chi connectivity index (χ3v) is 5.09. The molecular formula is C20H12ClFN4O3S. The number of carboxylic acids is 1. The first-order valence-corrected chi connectivity index (χ1v) is 9.73. The third-order valence-electron chi connectivity index (χ3n) is 3.96. The maximum atomic E-state index is 13.7. The van der Waals surface area contributed by atoms with Crippen molar-refractivity contribution >= 4 is 29.3 Å². The van der Waals surface area contributed by atoms with E-state index in [1.807, 2.05) is 0 Å². The average molecular weight is 443 g/mol. The number of nitrogens with zero attached hydrogens (tertiary/aromatic N) is 4. The highest BCUT2D eigenvalue weighted by Gasteiger charge is 2.21. The molecule has 150 valence electrons. The van der Waals surface area contributed by atoms with Crippen LogP contribution in [0.2, 0.25) is 5.02 Å². The van der Waals surface area contributed by atoms with Gasteiger partial charge in [-0.1, -0.05) is 17.7 Å². The molecule has 30 heavy (non-hydrogen) atoms. The lowest BCUT2D eigenvalue weighted by atomic mass is 10.2. The molecule has 0 fully saturated rings. The number of carbonyl (C=O) groups is 1. The van der Waals surface area contributed by atoms with Crippen molar-refractivity contribution in [2.24, 2.45) is 0 Å². The van der Waals surface area contributed by atoms with Crippen LogP contribution in [0.3, 0.4) is 0 Å². The molecule has 4 rings (SSSR count). The minimum absolute atomic E-state index is 0.152. The van der Waals surface area contributed by atoms with Crippen LogP contribution in [0.5, 0.6) is 0 Å². The van der Waals surface area contributed by atoms with Gasteiger partial charge in [0.25, 0.3) is 0 Å². The van der Waals surface area contributed by atoms with Crippen molar-refractivity contribution in [2.75, 3.05) is 0 Å². The Labute approximate surface area is 179 Å². The van der Waals surface area contributed by atoms with Crippen LogP contribution in [-0.4, -0.2) is 31.0 Å². The Kier molecular flexibility index (Phi) is 5.47. The second kappa shape index (κ2) is 8.21. The van der Waals surface area contributed by atoms with E-state index in [9.17, 15) is 14.3 Å². The summed E-state index contributed by atoms with van der Waals surface area (Å²) in [6, 6.07) is 9.23. The van der Waals surface area contributed by atoms with Crippen molar-refractivity contribution < 1.29 is 18.7 Å². The highest BCUT2D eigenvalue weighted by molar-refractivity contribution is 7.99. The number of halogens is 2. The van der Waals surface area contributed by atoms with Crippen LogP contribution >= 0.6 is 23.4 Å². The monoisotopic (exact) mass is 442 g/mol. The maximum absolute atomic E-state index is 13.7. The number of aromatic nitrogens is 4. The second-order valence-corrected chi connectivity index (χ2v) is 7.51. The van der Waals surface area contributed by atoms with E-state index < -0.39 is 11.8 Å². The maximum Gasteiger partial charge on any atom is 0.356 e. The summed E-state index contributed by atoms with van der Waals surface area (Å²) < 4.78 is 19.6. The molecule has 0 radical (unpaired) electrons. The zero-order valence-corrected chi connectivity index (χ0v) is 16.9. The number of oxazole rings is 1. The summed E-state index contributed by atoms with van der Waals surface area (Å²) in [6.45, 7) is 1.54. The summed E-state index contributed by atoms with van der Waals surface area (Å²) >= 11 is 7.07. The molecule has 7 nitrogen and oxygen atoms in total. The molecule has 10 heteroatoms. The number of pyridine rings is 1. The lowest BCUT2D eigenvalue weighted by Gasteiger charge is -2.03. The van der Waals surface area contributed by atoms with Gasteiger partial charge in [0.05, 0.1) is 16.9 Å². The second-order valence-electron chi connectivity index (χ2n) is 6.08. The predicted octanol–water partition coefficient (Wildman–Crippen LogP) is 5.14. The molecule has 1 N–H and O–H groups in total. The van der Waals surface area contributed by atoms with Gasteiger partial charge in [-0.3, -0.25) is 0 Å². The van der Waals surface area contributed by atoms with Crippen molar-refractivity contribution in [3.63, 3.8) is 0 Å². The molecule has 0 amide bonds. The Morgan fingerprint density at radius 3 is 2.67 bits per heavy atom. The van der Waals surface area contributed by atoms with Crippen LogP contribution in [0.15, 0.2) is 63.3 Å². The Bertz CT molecular complexity index is 1250. The Balaban J connectivity index is 1.81. The number of hydrogen-bond acceptors (Lipinski definition) is 7. The smallest absolute Gasteiger partial charge is 0.356 e. The van der Waals surface area contributed by atoms with Crippen LogP contribution < -0.4 is 0 Å². The van der Waals surface area contributed by atoms with Gasteiger partial charge in [0.1, 0.15) is 22.2 Å². The fourth-order valence-corrected chi connectivity index (χ4v) is 3.52. The third kappa shape index (κ3) is 4.17. The summed E-state index contributed by atoms with van der Waals surface area (Å²) in [7, 11) is 0. The van der Waals surface area contributed by atoms with E-state index in [0.29, 0.717) is 32.1 Å². The minimum Gasteiger partial charge on any atom is -0.476 e. The van der Waals surface area contributed by atoms with E-state index >= 15 is 0 Å². The molecule has 0 saturated carbocycles. The van der Waals surface area contributed by atoms with E-state index in [1.54, 1.807) is 31.2 Å². The molecule has 4 aromatic rings. The molecule has 0 bridgehead atoms. The molecule has 3 aromatic heterocycles. The largest absolute Gasteiger partial charge is 0.476 e. The fourth-order valence-electron chi connectivity index (χ4n) is 2.61. The minimum atomic E-state index is -1.17. The summed E-state index contributed by atoms with van der Waals surface area (Å²) in [4.78, 5) is 28.2. The van der Waals surface area contributed by atoms with E-state index in [4.69, 9.17) is 16.0 Å². The van der Waals surface area contributed by atoms with Gasteiger partial charge in [0.2, 0.25) is 5.89 Å². The van der Waals surface area contributed by atoms with Crippen molar-refractivity contribution in [3.8, 4) is 22.8 Å². The molecule has 0 spiro atoms. The van der Waals surface area contributed by atoms with Crippen molar-refractivity contribution in [2.45, 2.75) is 17.0 Å². The number of aryl methyl sites for hydroxylation is 1. The fraction of sp³-hybridized carbons (Fsp3) is 0.0500. The van der Waals surface area contributed by atoms with Crippen LogP contribution in [-0.2, 0) is 0 Å². The van der Waals surface area contributed by atoms with Gasteiger partial charge >= 0.3 is 5.97 Å². The topological polar surface area (TPSA) is 102 Å². The van der Waals surface area contributed by atoms with Gasteiger partial charge < -0.3 is 9.52 Å². The molecule has 0 atom stereocenters. The predicted molar refractivity (Wildman–Crippen MR) is 108 cm³/mol. The molecule has 1 aromatic carbocycles. The molecule has 0 aliphatic heterocycles. The van der Waals surface area contributed by atoms with Crippen LogP contribution in [0.1, 0.15) is 16.2 Å². The quantitative estimate of drug-likeness (QED) is 0.453. The summed E-state index contributed by atoms with van der Waals surface area (Å²) in [5, 5.41) is 10.6. The zero-order chi connectivity index (χ0) is 21.3. The molecular weight excluding hydrogens is 431 g/mol. The zero-order valence-electron chi connectivity index (χ0n) is 15.3. The van der Waals surface area contributed by atoms with Gasteiger partial charge in [-0.2, -0.15) is 0 Å². The molecule has 3 heterocycles. The van der Waals surface area contributed by atoms with Crippen molar-refractivity contribution in [1.29, 1.82) is 0 Å². The summed E-state index contributed by atoms with van der Waals surface area (Å²) in [5.74, 6) is -1.42. The number of aromatic carboxylic acids is 1. The number of rotatable bonds is 5. The lowest BCUT2D eigenvalue weighted by molar-refractivity contribution is 0.0689. The van der Waals surface area contributed by atoms with Gasteiger partial charge in [-0.15, -0.1) is 0 Å². The number of hydrogen-bond donors (Lipinski definition) is 1. The molecule has 0 aliphatic carbocycles. The van der Waals surface area contributed by atoms with E-state index in [0.717, 1.165) is 0 Å². The molecule has 0 unspecified atom stereocenters. The van der Waals surface area contributed by atoms with Gasteiger partial charge in [0.15, 0.2) is 10.8 Å². The summed E-state index contributed by atoms with van der Waals surface area (Å²) in [5.41, 5.74) is 1.18. The van der Waals surface area contributed by atoms with E-state index in [-0.39, 0.29) is 17.3 Å². The van der Waals surface area contributed by atoms with Crippen LogP contribution in [0.4, 0.5) is 4.39 Å². The highest BCUT2D eigenvalue weighted by atomic mass is 35.5. The van der Waals surface area contributed by atoms with Crippen molar-refractivity contribution in [3.05, 3.63) is 71.0 Å². The highest BCUT2D eigenvalue weighted by Crippen LogP contribution is 2.38. The number of benzene rings is 1. The molecule has 0 saturated heterocycles. The average Bonchev–Trinajstić information content (AvgIpc) is 3.13. The lowest BCUT2D eigenvalue weighted by Crippen LogP contribution is -2.06. The Hall–Kier alpha value is -3.30. The SMILES string of the molecule is Cc1nc(-c2nc(-c3cccc(F)c3)oc2Sc2ccc(Cl)cn2)cnc1C(=O)O. The van der Waals surface area contributed by atoms with E-state index in [2.05, 4.69) is 19.9 Å². The first-order chi connectivity index (χ1) is 14.4. The Morgan fingerprint density at radius 2 is 2.00 bits per heavy atom. The van der Waals surface area contributed by atoms with Crippen LogP contribution in [0.25, 0.3) is 22.8 Å². The Morgan fingerprint density at radius 1 is 1.17 bits per heavy atom. The standard InChI is InChI=1S/C20H12ClFN4O3S/c1-10-16(19(27)28)24-9-14(25-10)17-20(30-15-6-5-12(21)8-23-15)29-18(26-17)11-3-2-4-13(22)7-11/h2-9H,1H3,(H,27,28). The first kappa shape index (κ1) is 20.0. The number of carboxylic acid groups (broad SMARTS) is 1. The molecule has 0 aliphatic rings. The van der Waals surface area contributed by atoms with E-state index in [1.165, 1.54) is 36.3 Å². The summed E-state index contributed by atoms with van der Waals surface area (Å²) in [6.07, 6.45) is 2.81. The first-order valence-electron chi connectivity index (χ1n) is 8.54. The van der Waals surface area contributed by atoms with Gasteiger partial charge in [0, 0.05) is 11.8 Å². The van der Waals surface area contributed by atoms with Gasteiger partial charge in [-0.05, 0) is 49.0 Å².